The van der Waals surface area contributed by atoms with Crippen LogP contribution in [0, 0.1) is 11.7 Å². The van der Waals surface area contributed by atoms with E-state index >= 15 is 0 Å². The molecule has 1 saturated heterocycles. The van der Waals surface area contributed by atoms with Gasteiger partial charge in [-0.1, -0.05) is 31.0 Å². The maximum atomic E-state index is 14.5. The molecule has 1 aromatic carbocycles. The van der Waals surface area contributed by atoms with Crippen molar-refractivity contribution in [2.75, 3.05) is 31.1 Å². The van der Waals surface area contributed by atoms with Crippen LogP contribution in [0.1, 0.15) is 61.3 Å². The fraction of sp³-hybridized carbons (Fsp3) is 0.542. The van der Waals surface area contributed by atoms with Crippen LogP contribution in [0.15, 0.2) is 24.5 Å². The molecule has 5 rings (SSSR count). The maximum Gasteiger partial charge on any atom is 0.226 e. The average molecular weight is 443 g/mol. The molecule has 1 aromatic heterocycles. The Morgan fingerprint density at radius 2 is 1.94 bits per heavy atom. The van der Waals surface area contributed by atoms with Gasteiger partial charge in [-0.2, -0.15) is 0 Å². The molecule has 0 bridgehead atoms. The lowest BCUT2D eigenvalue weighted by Crippen LogP contribution is -2.51. The molecule has 0 unspecified atom stereocenters. The van der Waals surface area contributed by atoms with Gasteiger partial charge in [0.15, 0.2) is 0 Å². The Morgan fingerprint density at radius 1 is 1.13 bits per heavy atom. The van der Waals surface area contributed by atoms with Gasteiger partial charge >= 0.3 is 0 Å². The summed E-state index contributed by atoms with van der Waals surface area (Å²) in [6.45, 7) is 5.15. The van der Waals surface area contributed by atoms with Gasteiger partial charge in [0.05, 0.1) is 0 Å². The average Bonchev–Trinajstić information content (AvgIpc) is 3.41. The second-order valence-electron chi connectivity index (χ2n) is 9.12. The Bertz CT molecular complexity index is 992. The molecular formula is C24H28ClFN4O. The number of aryl methyl sites for hydroxylation is 1. The minimum Gasteiger partial charge on any atom is -0.353 e. The fourth-order valence-corrected chi connectivity index (χ4v) is 5.84. The first-order valence-electron chi connectivity index (χ1n) is 11.4. The lowest BCUT2D eigenvalue weighted by Gasteiger charge is -2.38. The van der Waals surface area contributed by atoms with Gasteiger partial charge in [0.2, 0.25) is 5.91 Å². The monoisotopic (exact) mass is 442 g/mol. The number of aromatic nitrogens is 2. The minimum absolute atomic E-state index is 0.0613. The summed E-state index contributed by atoms with van der Waals surface area (Å²) in [7, 11) is 0. The molecule has 3 atom stereocenters. The predicted molar refractivity (Wildman–Crippen MR) is 119 cm³/mol. The smallest absolute Gasteiger partial charge is 0.226 e. The van der Waals surface area contributed by atoms with E-state index in [0.29, 0.717) is 29.6 Å². The molecule has 5 nitrogen and oxygen atoms in total. The zero-order valence-electron chi connectivity index (χ0n) is 17.9. The molecule has 31 heavy (non-hydrogen) atoms. The first-order valence-corrected chi connectivity index (χ1v) is 11.7. The number of piperazine rings is 1. The third kappa shape index (κ3) is 3.79. The topological polar surface area (TPSA) is 49.3 Å². The molecule has 7 heteroatoms. The lowest BCUT2D eigenvalue weighted by atomic mass is 9.87. The van der Waals surface area contributed by atoms with Crippen molar-refractivity contribution in [3.05, 3.63) is 52.2 Å². The number of nitrogens with zero attached hydrogens (tertiary/aromatic N) is 4. The van der Waals surface area contributed by atoms with Crippen LogP contribution in [-0.2, 0) is 11.2 Å². The van der Waals surface area contributed by atoms with Gasteiger partial charge in [0.1, 0.15) is 18.0 Å². The van der Waals surface area contributed by atoms with E-state index in [1.165, 1.54) is 17.3 Å². The summed E-state index contributed by atoms with van der Waals surface area (Å²) >= 11 is 5.92. The van der Waals surface area contributed by atoms with Crippen LogP contribution in [0.5, 0.6) is 0 Å². The quantitative estimate of drug-likeness (QED) is 0.699. The zero-order chi connectivity index (χ0) is 21.5. The predicted octanol–water partition coefficient (Wildman–Crippen LogP) is 4.55. The number of carbonyl (C=O) groups excluding carboxylic acids is 1. The normalized spacial score (nSPS) is 25.7. The van der Waals surface area contributed by atoms with Crippen LogP contribution in [0.2, 0.25) is 5.02 Å². The Kier molecular flexibility index (Phi) is 5.59. The zero-order valence-corrected chi connectivity index (χ0v) is 18.6. The molecule has 2 heterocycles. The second kappa shape index (κ2) is 8.38. The van der Waals surface area contributed by atoms with Crippen molar-refractivity contribution in [2.45, 2.75) is 50.9 Å². The summed E-state index contributed by atoms with van der Waals surface area (Å²) in [5.74, 6) is 1.19. The summed E-state index contributed by atoms with van der Waals surface area (Å²) in [5, 5.41) is 0.392. The van der Waals surface area contributed by atoms with Crippen molar-refractivity contribution in [3.63, 3.8) is 0 Å². The molecule has 0 N–H and O–H groups in total. The van der Waals surface area contributed by atoms with Crippen molar-refractivity contribution < 1.29 is 9.18 Å². The van der Waals surface area contributed by atoms with Gasteiger partial charge in [-0.3, -0.25) is 4.79 Å². The number of fused-ring (bicyclic) bond motifs is 1. The van der Waals surface area contributed by atoms with Crippen LogP contribution in [0.25, 0.3) is 0 Å². The SMILES string of the molecule is C[C@@H]1CCc2ncnc(N3CCN(C(=O)[C@@H]4CCC[C@H]4c4ccc(Cl)cc4F)CC3)c21. The van der Waals surface area contributed by atoms with Crippen molar-refractivity contribution in [1.29, 1.82) is 0 Å². The van der Waals surface area contributed by atoms with Crippen LogP contribution in [-0.4, -0.2) is 47.0 Å². The third-order valence-corrected chi connectivity index (χ3v) is 7.57. The molecule has 1 amide bonds. The Labute approximate surface area is 187 Å². The number of rotatable bonds is 3. The van der Waals surface area contributed by atoms with Gasteiger partial charge in [-0.25, -0.2) is 14.4 Å². The molecular weight excluding hydrogens is 415 g/mol. The highest BCUT2D eigenvalue weighted by atomic mass is 35.5. The Hall–Kier alpha value is -2.21. The number of amides is 1. The van der Waals surface area contributed by atoms with Gasteiger partial charge in [-0.15, -0.1) is 0 Å². The molecule has 164 valence electrons. The lowest BCUT2D eigenvalue weighted by molar-refractivity contribution is -0.136. The molecule has 0 spiro atoms. The highest BCUT2D eigenvalue weighted by Gasteiger charge is 2.39. The highest BCUT2D eigenvalue weighted by Crippen LogP contribution is 2.42. The molecule has 3 aliphatic rings. The van der Waals surface area contributed by atoms with Crippen LogP contribution in [0.4, 0.5) is 10.2 Å². The second-order valence-corrected chi connectivity index (χ2v) is 9.56. The maximum absolute atomic E-state index is 14.5. The number of anilines is 1. The fourth-order valence-electron chi connectivity index (χ4n) is 5.68. The summed E-state index contributed by atoms with van der Waals surface area (Å²) in [4.78, 5) is 26.7. The first-order chi connectivity index (χ1) is 15.0. The first kappa shape index (κ1) is 20.7. The van der Waals surface area contributed by atoms with Crippen molar-refractivity contribution in [2.24, 2.45) is 5.92 Å². The number of hydrogen-bond acceptors (Lipinski definition) is 4. The Morgan fingerprint density at radius 3 is 2.71 bits per heavy atom. The third-order valence-electron chi connectivity index (χ3n) is 7.34. The molecule has 0 radical (unpaired) electrons. The number of halogens is 2. The van der Waals surface area contributed by atoms with E-state index in [0.717, 1.165) is 51.0 Å². The summed E-state index contributed by atoms with van der Waals surface area (Å²) < 4.78 is 14.5. The summed E-state index contributed by atoms with van der Waals surface area (Å²) in [5.41, 5.74) is 3.09. The molecule has 2 fully saturated rings. The van der Waals surface area contributed by atoms with Gasteiger partial charge in [0, 0.05) is 48.4 Å². The van der Waals surface area contributed by atoms with Crippen molar-refractivity contribution in [3.8, 4) is 0 Å². The highest BCUT2D eigenvalue weighted by molar-refractivity contribution is 6.30. The Balaban J connectivity index is 1.28. The minimum atomic E-state index is -0.297. The van der Waals surface area contributed by atoms with Gasteiger partial charge < -0.3 is 9.80 Å². The van der Waals surface area contributed by atoms with E-state index in [4.69, 9.17) is 11.6 Å². The van der Waals surface area contributed by atoms with E-state index in [9.17, 15) is 9.18 Å². The summed E-state index contributed by atoms with van der Waals surface area (Å²) in [6, 6.07) is 4.83. The van der Waals surface area contributed by atoms with E-state index in [-0.39, 0.29) is 23.6 Å². The molecule has 2 aromatic rings. The van der Waals surface area contributed by atoms with E-state index in [1.807, 2.05) is 4.90 Å². The van der Waals surface area contributed by atoms with Crippen LogP contribution in [0.3, 0.4) is 0 Å². The van der Waals surface area contributed by atoms with Crippen LogP contribution < -0.4 is 4.90 Å². The van der Waals surface area contributed by atoms with Crippen LogP contribution >= 0.6 is 11.6 Å². The van der Waals surface area contributed by atoms with Crippen molar-refractivity contribution in [1.82, 2.24) is 14.9 Å². The molecule has 2 aliphatic carbocycles. The number of benzene rings is 1. The van der Waals surface area contributed by atoms with E-state index in [2.05, 4.69) is 21.8 Å². The van der Waals surface area contributed by atoms with Gasteiger partial charge in [0.25, 0.3) is 0 Å². The van der Waals surface area contributed by atoms with Gasteiger partial charge in [-0.05, 0) is 55.2 Å². The largest absolute Gasteiger partial charge is 0.353 e. The summed E-state index contributed by atoms with van der Waals surface area (Å²) in [6.07, 6.45) is 6.45. The van der Waals surface area contributed by atoms with E-state index < -0.39 is 0 Å². The van der Waals surface area contributed by atoms with Crippen molar-refractivity contribution >= 4 is 23.3 Å². The number of hydrogen-bond donors (Lipinski definition) is 0. The molecule has 1 saturated carbocycles. The van der Waals surface area contributed by atoms with E-state index in [1.54, 1.807) is 18.5 Å². The standard InChI is InChI=1S/C24H28ClFN4O/c1-15-5-8-21-22(15)23(28-14-27-21)29-9-11-30(12-10-29)24(31)19-4-2-3-17(19)18-7-6-16(25)13-20(18)26/h6-7,13-15,17,19H,2-5,8-12H2,1H3/t15-,17+,19-/m1/s1. The number of carbonyl (C=O) groups is 1. The molecule has 1 aliphatic heterocycles.